The van der Waals surface area contributed by atoms with Gasteiger partial charge in [-0.2, -0.15) is 0 Å². The van der Waals surface area contributed by atoms with E-state index < -0.39 is 0 Å². The van der Waals surface area contributed by atoms with Crippen molar-refractivity contribution in [3.8, 4) is 0 Å². The van der Waals surface area contributed by atoms with Gasteiger partial charge in [0, 0.05) is 0 Å². The number of para-hydroxylation sites is 1. The van der Waals surface area contributed by atoms with Gasteiger partial charge in [-0.25, -0.2) is 0 Å². The van der Waals surface area contributed by atoms with Gasteiger partial charge >= 0.3 is 0 Å². The summed E-state index contributed by atoms with van der Waals surface area (Å²) >= 11 is 1.97. The Morgan fingerprint density at radius 1 is 1.21 bits per heavy atom. The van der Waals surface area contributed by atoms with Crippen LogP contribution in [0.25, 0.3) is 11.0 Å². The first-order valence-electron chi connectivity index (χ1n) is 4.45. The molecule has 2 nitrogen and oxygen atoms in total. The molecule has 74 valence electrons. The Balaban J connectivity index is 0.000000461. The number of halogens is 1. The van der Waals surface area contributed by atoms with Crippen molar-refractivity contribution in [2.45, 2.75) is 13.8 Å². The third-order valence-corrected chi connectivity index (χ3v) is 2.38. The molecule has 0 radical (unpaired) electrons. The lowest BCUT2D eigenvalue weighted by Gasteiger charge is -1.94. The van der Waals surface area contributed by atoms with Crippen LogP contribution in [0.3, 0.4) is 0 Å². The highest BCUT2D eigenvalue weighted by Crippen LogP contribution is 2.10. The summed E-state index contributed by atoms with van der Waals surface area (Å²) in [7, 11) is 0. The van der Waals surface area contributed by atoms with Gasteiger partial charge in [-0.3, -0.25) is 4.79 Å². The molecule has 0 amide bonds. The molecule has 0 aliphatic heterocycles. The Kier molecular flexibility index (Phi) is 4.13. The van der Waals surface area contributed by atoms with Crippen LogP contribution in [0.5, 0.6) is 0 Å². The van der Waals surface area contributed by atoms with Crippen LogP contribution in [0.1, 0.15) is 13.8 Å². The summed E-state index contributed by atoms with van der Waals surface area (Å²) in [5.74, 6) is 0. The molecule has 1 heterocycles. The topological polar surface area (TPSA) is 30.2 Å². The monoisotopic (exact) mass is 302 g/mol. The van der Waals surface area contributed by atoms with Gasteiger partial charge in [0.05, 0.1) is 8.96 Å². The van der Waals surface area contributed by atoms with Crippen molar-refractivity contribution in [3.05, 3.63) is 44.3 Å². The fourth-order valence-electron chi connectivity index (χ4n) is 1.05. The number of benzene rings is 1. The molecule has 3 heteroatoms. The van der Waals surface area contributed by atoms with Crippen LogP contribution in [-0.4, -0.2) is 0 Å². The van der Waals surface area contributed by atoms with Crippen molar-refractivity contribution in [3.63, 3.8) is 0 Å². The highest BCUT2D eigenvalue weighted by molar-refractivity contribution is 14.1. The SMILES string of the molecule is CC.O=c1c(I)coc2ccccc12. The first kappa shape index (κ1) is 11.2. The number of hydrogen-bond donors (Lipinski definition) is 0. The number of rotatable bonds is 0. The molecule has 0 aliphatic carbocycles. The molecule has 0 spiro atoms. The standard InChI is InChI=1S/C9H5IO2.C2H6/c10-7-5-12-8-4-2-1-3-6(8)9(7)11;1-2/h1-5H;1-2H3. The molecule has 0 saturated heterocycles. The summed E-state index contributed by atoms with van der Waals surface area (Å²) < 4.78 is 5.83. The zero-order valence-electron chi connectivity index (χ0n) is 8.08. The molecule has 0 aliphatic rings. The van der Waals surface area contributed by atoms with E-state index in [1.54, 1.807) is 12.1 Å². The zero-order chi connectivity index (χ0) is 10.6. The van der Waals surface area contributed by atoms with Gasteiger partial charge < -0.3 is 4.42 Å². The molecule has 0 saturated carbocycles. The molecular weight excluding hydrogens is 291 g/mol. The quantitative estimate of drug-likeness (QED) is 0.698. The predicted octanol–water partition coefficient (Wildman–Crippen LogP) is 3.42. The lowest BCUT2D eigenvalue weighted by Crippen LogP contribution is -2.03. The average Bonchev–Trinajstić information content (AvgIpc) is 2.27. The van der Waals surface area contributed by atoms with Crippen LogP contribution < -0.4 is 5.43 Å². The molecule has 1 aromatic carbocycles. The largest absolute Gasteiger partial charge is 0.463 e. The molecule has 0 fully saturated rings. The van der Waals surface area contributed by atoms with E-state index in [2.05, 4.69) is 0 Å². The second-order valence-electron chi connectivity index (χ2n) is 2.41. The minimum Gasteiger partial charge on any atom is -0.463 e. The molecule has 0 unspecified atom stereocenters. The summed E-state index contributed by atoms with van der Waals surface area (Å²) in [6.07, 6.45) is 1.48. The van der Waals surface area contributed by atoms with Crippen molar-refractivity contribution in [2.75, 3.05) is 0 Å². The summed E-state index contributed by atoms with van der Waals surface area (Å²) in [6, 6.07) is 7.23. The molecular formula is C11H11IO2. The highest BCUT2D eigenvalue weighted by Gasteiger charge is 2.01. The molecule has 1 aromatic heterocycles. The molecule has 14 heavy (non-hydrogen) atoms. The van der Waals surface area contributed by atoms with E-state index >= 15 is 0 Å². The summed E-state index contributed by atoms with van der Waals surface area (Å²) in [4.78, 5) is 11.5. The molecule has 0 N–H and O–H groups in total. The van der Waals surface area contributed by atoms with Gasteiger partial charge in [-0.1, -0.05) is 26.0 Å². The summed E-state index contributed by atoms with van der Waals surface area (Å²) in [5.41, 5.74) is 0.681. The fraction of sp³-hybridized carbons (Fsp3) is 0.182. The summed E-state index contributed by atoms with van der Waals surface area (Å²) in [6.45, 7) is 4.00. The Labute approximate surface area is 96.1 Å². The third-order valence-electron chi connectivity index (χ3n) is 1.64. The van der Waals surface area contributed by atoms with E-state index in [4.69, 9.17) is 4.42 Å². The normalized spacial score (nSPS) is 9.36. The van der Waals surface area contributed by atoms with Crippen molar-refractivity contribution in [1.82, 2.24) is 0 Å². The molecule has 0 atom stereocenters. The van der Waals surface area contributed by atoms with Crippen molar-refractivity contribution in [2.24, 2.45) is 0 Å². The minimum atomic E-state index is 0.0393. The zero-order valence-corrected chi connectivity index (χ0v) is 10.2. The Morgan fingerprint density at radius 2 is 1.86 bits per heavy atom. The minimum absolute atomic E-state index is 0.0393. The maximum absolute atomic E-state index is 11.5. The Bertz CT molecular complexity index is 474. The van der Waals surface area contributed by atoms with Crippen molar-refractivity contribution >= 4 is 33.6 Å². The fourth-order valence-corrected chi connectivity index (χ4v) is 1.47. The van der Waals surface area contributed by atoms with Crippen LogP contribution in [0.15, 0.2) is 39.7 Å². The van der Waals surface area contributed by atoms with Crippen LogP contribution in [-0.2, 0) is 0 Å². The van der Waals surface area contributed by atoms with Gasteiger partial charge in [0.2, 0.25) is 5.43 Å². The van der Waals surface area contributed by atoms with Crippen molar-refractivity contribution in [1.29, 1.82) is 0 Å². The van der Waals surface area contributed by atoms with Gasteiger partial charge in [0.15, 0.2) is 0 Å². The number of fused-ring (bicyclic) bond motifs is 1. The van der Waals surface area contributed by atoms with E-state index in [-0.39, 0.29) is 5.43 Å². The van der Waals surface area contributed by atoms with Crippen LogP contribution in [0.2, 0.25) is 0 Å². The third kappa shape index (κ3) is 2.15. The summed E-state index contributed by atoms with van der Waals surface area (Å²) in [5, 5.41) is 0.643. The Morgan fingerprint density at radius 3 is 2.57 bits per heavy atom. The smallest absolute Gasteiger partial charge is 0.205 e. The van der Waals surface area contributed by atoms with Crippen molar-refractivity contribution < 1.29 is 4.42 Å². The van der Waals surface area contributed by atoms with Gasteiger partial charge in [0.25, 0.3) is 0 Å². The first-order valence-corrected chi connectivity index (χ1v) is 5.53. The molecule has 2 rings (SSSR count). The molecule has 2 aromatic rings. The highest BCUT2D eigenvalue weighted by atomic mass is 127. The predicted molar refractivity (Wildman–Crippen MR) is 66.5 cm³/mol. The maximum Gasteiger partial charge on any atom is 0.205 e. The van der Waals surface area contributed by atoms with Crippen LogP contribution >= 0.6 is 22.6 Å². The van der Waals surface area contributed by atoms with E-state index in [0.717, 1.165) is 0 Å². The number of hydrogen-bond acceptors (Lipinski definition) is 2. The lowest BCUT2D eigenvalue weighted by molar-refractivity contribution is 0.598. The van der Waals surface area contributed by atoms with Gasteiger partial charge in [-0.15, -0.1) is 0 Å². The van der Waals surface area contributed by atoms with Gasteiger partial charge in [-0.05, 0) is 34.7 Å². The van der Waals surface area contributed by atoms with E-state index in [1.807, 2.05) is 48.6 Å². The lowest BCUT2D eigenvalue weighted by atomic mass is 10.2. The Hall–Kier alpha value is -0.840. The first-order chi connectivity index (χ1) is 6.79. The van der Waals surface area contributed by atoms with E-state index in [9.17, 15) is 4.79 Å². The second-order valence-corrected chi connectivity index (χ2v) is 3.57. The van der Waals surface area contributed by atoms with E-state index in [1.165, 1.54) is 6.26 Å². The van der Waals surface area contributed by atoms with E-state index in [0.29, 0.717) is 14.5 Å². The molecule has 0 bridgehead atoms. The maximum atomic E-state index is 11.5. The van der Waals surface area contributed by atoms with Crippen LogP contribution in [0, 0.1) is 3.57 Å². The average molecular weight is 302 g/mol. The van der Waals surface area contributed by atoms with Crippen LogP contribution in [0.4, 0.5) is 0 Å². The second kappa shape index (κ2) is 5.14. The van der Waals surface area contributed by atoms with Gasteiger partial charge in [0.1, 0.15) is 11.8 Å².